The monoisotopic (exact) mass is 660 g/mol. The van der Waals surface area contributed by atoms with E-state index < -0.39 is 60.6 Å². The van der Waals surface area contributed by atoms with Gasteiger partial charge in [-0.2, -0.15) is 8.62 Å². The number of phosphoric ester groups is 1. The summed E-state index contributed by atoms with van der Waals surface area (Å²) in [6.45, 7) is -1.06. The number of carbonyl (C=O) groups excluding carboxylic acids is 1. The standard InChI is InChI=1S/C17H20ClN6O14P3/c18-7-1-2-9(19)8(3-7)17(26)36-13-12(25)10(4-34-40(30,31)38-41(32,33)37-39(27,28)29)35-16(13)24-6-23-11-14(20)21-5-22-15(11)24/h1-3,5-6,10,12-13,16,25H,4,19H2,(H,30,31)(H,32,33)(H2,20,21,22)(H2,27,28,29). The average molecular weight is 661 g/mol. The number of ether oxygens (including phenoxy) is 2. The van der Waals surface area contributed by atoms with Crippen molar-refractivity contribution in [1.29, 1.82) is 0 Å². The fourth-order valence-corrected chi connectivity index (χ4v) is 6.83. The number of phosphoric acid groups is 3. The molecule has 9 N–H and O–H groups in total. The van der Waals surface area contributed by atoms with Gasteiger partial charge in [-0.15, -0.1) is 0 Å². The number of nitrogens with two attached hydrogens (primary N) is 2. The highest BCUT2D eigenvalue weighted by atomic mass is 35.5. The number of esters is 1. The molecule has 6 atom stereocenters. The van der Waals surface area contributed by atoms with Gasteiger partial charge in [0.05, 0.1) is 18.5 Å². The van der Waals surface area contributed by atoms with Crippen LogP contribution in [0.5, 0.6) is 0 Å². The Kier molecular flexibility index (Phi) is 8.90. The maximum Gasteiger partial charge on any atom is 0.490 e. The predicted octanol–water partition coefficient (Wildman–Crippen LogP) is 0.471. The van der Waals surface area contributed by atoms with E-state index in [0.29, 0.717) is 0 Å². The number of aromatic nitrogens is 4. The van der Waals surface area contributed by atoms with Crippen molar-refractivity contribution in [1.82, 2.24) is 19.5 Å². The number of carbonyl (C=O) groups is 1. The van der Waals surface area contributed by atoms with Gasteiger partial charge in [0.1, 0.15) is 24.1 Å². The normalized spacial score (nSPS) is 24.1. The van der Waals surface area contributed by atoms with Gasteiger partial charge in [0.15, 0.2) is 23.8 Å². The van der Waals surface area contributed by atoms with Gasteiger partial charge in [-0.1, -0.05) is 11.6 Å². The Morgan fingerprint density at radius 1 is 1.07 bits per heavy atom. The van der Waals surface area contributed by atoms with Crippen molar-refractivity contribution in [2.45, 2.75) is 24.5 Å². The Hall–Kier alpha value is -2.54. The lowest BCUT2D eigenvalue weighted by Gasteiger charge is -2.22. The van der Waals surface area contributed by atoms with Crippen LogP contribution >= 0.6 is 35.1 Å². The Labute approximate surface area is 233 Å². The number of anilines is 2. The zero-order valence-corrected chi connectivity index (χ0v) is 23.4. The molecule has 3 heterocycles. The summed E-state index contributed by atoms with van der Waals surface area (Å²) in [7, 11) is -17.0. The summed E-state index contributed by atoms with van der Waals surface area (Å²) in [4.78, 5) is 61.3. The Bertz CT molecular complexity index is 1620. The molecule has 4 rings (SSSR count). The molecule has 1 fully saturated rings. The predicted molar refractivity (Wildman–Crippen MR) is 135 cm³/mol. The van der Waals surface area contributed by atoms with E-state index in [0.717, 1.165) is 6.33 Å². The minimum absolute atomic E-state index is 0.0119. The molecule has 1 aliphatic rings. The fourth-order valence-electron chi connectivity index (χ4n) is 3.63. The van der Waals surface area contributed by atoms with E-state index in [1.807, 2.05) is 0 Å². The van der Waals surface area contributed by atoms with Gasteiger partial charge in [0.25, 0.3) is 0 Å². The molecule has 3 aromatic rings. The number of halogens is 1. The van der Waals surface area contributed by atoms with Crippen LogP contribution in [0.15, 0.2) is 30.9 Å². The largest absolute Gasteiger partial charge is 0.490 e. The quantitative estimate of drug-likeness (QED) is 0.0882. The third kappa shape index (κ3) is 7.46. The summed E-state index contributed by atoms with van der Waals surface area (Å²) in [6, 6.07) is 3.97. The molecule has 0 aliphatic carbocycles. The zero-order chi connectivity index (χ0) is 30.3. The first kappa shape index (κ1) is 31.4. The van der Waals surface area contributed by atoms with E-state index >= 15 is 0 Å². The van der Waals surface area contributed by atoms with E-state index in [-0.39, 0.29) is 33.3 Å². The minimum atomic E-state index is -5.80. The van der Waals surface area contributed by atoms with E-state index in [1.54, 1.807) is 0 Å². The molecule has 1 aliphatic heterocycles. The second kappa shape index (κ2) is 11.6. The van der Waals surface area contributed by atoms with Gasteiger partial charge in [-0.05, 0) is 18.2 Å². The molecule has 41 heavy (non-hydrogen) atoms. The summed E-state index contributed by atoms with van der Waals surface area (Å²) < 4.78 is 58.8. The first-order valence-corrected chi connectivity index (χ1v) is 15.7. The van der Waals surface area contributed by atoms with E-state index in [2.05, 4.69) is 28.1 Å². The Morgan fingerprint density at radius 3 is 2.46 bits per heavy atom. The number of benzene rings is 1. The summed E-state index contributed by atoms with van der Waals surface area (Å²) >= 11 is 5.94. The second-order valence-corrected chi connectivity index (χ2v) is 13.0. The molecule has 0 radical (unpaired) electrons. The van der Waals surface area contributed by atoms with Crippen LogP contribution in [0.4, 0.5) is 11.5 Å². The summed E-state index contributed by atoms with van der Waals surface area (Å²) in [6.07, 6.45) is -4.16. The maximum absolute atomic E-state index is 13.0. The number of rotatable bonds is 10. The maximum atomic E-state index is 13.0. The molecule has 2 aromatic heterocycles. The molecule has 1 saturated heterocycles. The first-order valence-electron chi connectivity index (χ1n) is 10.8. The molecule has 24 heteroatoms. The van der Waals surface area contributed by atoms with Crippen molar-refractivity contribution in [3.63, 3.8) is 0 Å². The van der Waals surface area contributed by atoms with Crippen molar-refractivity contribution in [2.75, 3.05) is 18.1 Å². The molecule has 6 unspecified atom stereocenters. The highest BCUT2D eigenvalue weighted by molar-refractivity contribution is 7.66. The van der Waals surface area contributed by atoms with Crippen LogP contribution in [0, 0.1) is 0 Å². The van der Waals surface area contributed by atoms with Crippen molar-refractivity contribution in [2.24, 2.45) is 0 Å². The fraction of sp³-hybridized carbons (Fsp3) is 0.294. The van der Waals surface area contributed by atoms with Crippen LogP contribution in [-0.2, 0) is 36.3 Å². The summed E-state index contributed by atoms with van der Waals surface area (Å²) in [5.74, 6) is -1.06. The van der Waals surface area contributed by atoms with Crippen LogP contribution in [0.1, 0.15) is 16.6 Å². The highest BCUT2D eigenvalue weighted by Crippen LogP contribution is 2.66. The molecule has 0 spiro atoms. The third-order valence-electron chi connectivity index (χ3n) is 5.27. The van der Waals surface area contributed by atoms with Crippen molar-refractivity contribution in [3.05, 3.63) is 41.4 Å². The van der Waals surface area contributed by atoms with E-state index in [1.165, 1.54) is 29.1 Å². The minimum Gasteiger partial charge on any atom is -0.451 e. The molecule has 224 valence electrons. The number of imidazole rings is 1. The number of fused-ring (bicyclic) bond motifs is 1. The SMILES string of the molecule is Nc1ccc(Cl)cc1C(=O)OC1C(O)C(COP(=O)(O)OP(=O)(O)OP(=O)(O)O)OC1n1cnc2c(N)ncnc21. The second-order valence-electron chi connectivity index (χ2n) is 8.13. The molecule has 20 nitrogen and oxygen atoms in total. The molecule has 1 aromatic carbocycles. The highest BCUT2D eigenvalue weighted by Gasteiger charge is 2.50. The van der Waals surface area contributed by atoms with Gasteiger partial charge in [0.2, 0.25) is 0 Å². The third-order valence-corrected chi connectivity index (χ3v) is 9.31. The van der Waals surface area contributed by atoms with Crippen LogP contribution in [0.25, 0.3) is 11.2 Å². The lowest BCUT2D eigenvalue weighted by atomic mass is 10.1. The molecule has 0 amide bonds. The Morgan fingerprint density at radius 2 is 1.78 bits per heavy atom. The van der Waals surface area contributed by atoms with Gasteiger partial charge in [-0.3, -0.25) is 9.09 Å². The lowest BCUT2D eigenvalue weighted by Crippen LogP contribution is -2.37. The van der Waals surface area contributed by atoms with Crippen LogP contribution in [0.2, 0.25) is 5.02 Å². The van der Waals surface area contributed by atoms with Crippen LogP contribution in [-0.4, -0.2) is 75.1 Å². The molecule has 0 bridgehead atoms. The first-order chi connectivity index (χ1) is 19.0. The summed E-state index contributed by atoms with van der Waals surface area (Å²) in [5.41, 5.74) is 11.7. The van der Waals surface area contributed by atoms with Gasteiger partial charge < -0.3 is 45.6 Å². The number of aliphatic hydroxyl groups is 1. The number of hydrogen-bond donors (Lipinski definition) is 7. The van der Waals surface area contributed by atoms with Crippen molar-refractivity contribution in [3.8, 4) is 0 Å². The van der Waals surface area contributed by atoms with Gasteiger partial charge in [-0.25, -0.2) is 33.4 Å². The lowest BCUT2D eigenvalue weighted by molar-refractivity contribution is -0.0557. The number of nitrogens with zero attached hydrogens (tertiary/aromatic N) is 4. The smallest absolute Gasteiger partial charge is 0.451 e. The Balaban J connectivity index is 1.60. The van der Waals surface area contributed by atoms with Gasteiger partial charge in [0, 0.05) is 10.7 Å². The van der Waals surface area contributed by atoms with Crippen molar-refractivity contribution < 1.29 is 65.8 Å². The van der Waals surface area contributed by atoms with Crippen LogP contribution < -0.4 is 11.5 Å². The number of hydrogen-bond acceptors (Lipinski definition) is 15. The van der Waals surface area contributed by atoms with Gasteiger partial charge >= 0.3 is 29.4 Å². The molecular weight excluding hydrogens is 641 g/mol. The topological polar surface area (TPSA) is 311 Å². The van der Waals surface area contributed by atoms with Crippen LogP contribution in [0.3, 0.4) is 0 Å². The van der Waals surface area contributed by atoms with E-state index in [4.69, 9.17) is 42.3 Å². The number of nitrogen functional groups attached to an aromatic ring is 2. The average Bonchev–Trinajstić information content (AvgIpc) is 3.39. The molecular formula is C17H20ClN6O14P3. The molecule has 0 saturated carbocycles. The van der Waals surface area contributed by atoms with E-state index in [9.17, 15) is 33.4 Å². The zero-order valence-electron chi connectivity index (χ0n) is 20.0. The summed E-state index contributed by atoms with van der Waals surface area (Å²) in [5, 5.41) is 11.1. The van der Waals surface area contributed by atoms with Crippen molar-refractivity contribution >= 4 is 63.7 Å². The number of aliphatic hydroxyl groups excluding tert-OH is 1.